The standard InChI is InChI=1S/C13H18N2/c1-2-4-12(5-3-1)10-15-9-8-14-7-6-13(15)11-14/h1-5,13H,6-11H2/t13-/m1/s1. The second kappa shape index (κ2) is 3.95. The number of hydrogen-bond donors (Lipinski definition) is 0. The topological polar surface area (TPSA) is 6.48 Å². The molecule has 2 saturated heterocycles. The first-order chi connectivity index (χ1) is 7.42. The third kappa shape index (κ3) is 1.92. The number of fused-ring (bicyclic) bond motifs is 2. The first-order valence-electron chi connectivity index (χ1n) is 5.92. The number of rotatable bonds is 2. The van der Waals surface area contributed by atoms with Gasteiger partial charge in [-0.05, 0) is 18.5 Å². The van der Waals surface area contributed by atoms with Gasteiger partial charge in [0.1, 0.15) is 0 Å². The fourth-order valence-electron chi connectivity index (χ4n) is 2.79. The summed E-state index contributed by atoms with van der Waals surface area (Å²) in [6.07, 6.45) is 1.37. The molecule has 2 aliphatic rings. The van der Waals surface area contributed by atoms with Gasteiger partial charge in [-0.15, -0.1) is 0 Å². The molecule has 0 radical (unpaired) electrons. The Morgan fingerprint density at radius 3 is 2.80 bits per heavy atom. The summed E-state index contributed by atoms with van der Waals surface area (Å²) < 4.78 is 0. The zero-order valence-corrected chi connectivity index (χ0v) is 9.10. The van der Waals surface area contributed by atoms with Crippen LogP contribution in [0.3, 0.4) is 0 Å². The lowest BCUT2D eigenvalue weighted by Crippen LogP contribution is -2.46. The predicted molar refractivity (Wildman–Crippen MR) is 61.7 cm³/mol. The van der Waals surface area contributed by atoms with Crippen LogP contribution in [0.25, 0.3) is 0 Å². The highest BCUT2D eigenvalue weighted by atomic mass is 15.3. The highest BCUT2D eigenvalue weighted by molar-refractivity contribution is 5.15. The van der Waals surface area contributed by atoms with Crippen molar-refractivity contribution in [3.8, 4) is 0 Å². The summed E-state index contributed by atoms with van der Waals surface area (Å²) in [7, 11) is 0. The fourth-order valence-corrected chi connectivity index (χ4v) is 2.79. The number of piperazine rings is 1. The number of benzene rings is 1. The lowest BCUT2D eigenvalue weighted by molar-refractivity contribution is 0.128. The summed E-state index contributed by atoms with van der Waals surface area (Å²) in [5.74, 6) is 0. The van der Waals surface area contributed by atoms with Gasteiger partial charge in [0.25, 0.3) is 0 Å². The molecule has 1 unspecified atom stereocenters. The molecule has 1 aromatic rings. The van der Waals surface area contributed by atoms with E-state index in [1.54, 1.807) is 0 Å². The minimum Gasteiger partial charge on any atom is -0.300 e. The van der Waals surface area contributed by atoms with E-state index in [0.29, 0.717) is 0 Å². The van der Waals surface area contributed by atoms with Crippen LogP contribution in [0, 0.1) is 0 Å². The molecule has 2 heteroatoms. The van der Waals surface area contributed by atoms with E-state index in [2.05, 4.69) is 40.1 Å². The summed E-state index contributed by atoms with van der Waals surface area (Å²) in [5, 5.41) is 0. The van der Waals surface area contributed by atoms with E-state index in [0.717, 1.165) is 12.6 Å². The largest absolute Gasteiger partial charge is 0.300 e. The van der Waals surface area contributed by atoms with E-state index < -0.39 is 0 Å². The Morgan fingerprint density at radius 2 is 1.93 bits per heavy atom. The Morgan fingerprint density at radius 1 is 1.07 bits per heavy atom. The number of nitrogens with zero attached hydrogens (tertiary/aromatic N) is 2. The molecular formula is C13H18N2. The molecule has 2 atom stereocenters. The van der Waals surface area contributed by atoms with Crippen molar-refractivity contribution in [2.24, 2.45) is 0 Å². The molecule has 2 bridgehead atoms. The maximum absolute atomic E-state index is 2.65. The zero-order valence-electron chi connectivity index (χ0n) is 9.10. The van der Waals surface area contributed by atoms with Crippen molar-refractivity contribution in [2.45, 2.75) is 19.0 Å². The number of hydrogen-bond acceptors (Lipinski definition) is 2. The lowest BCUT2D eigenvalue weighted by Gasteiger charge is -2.34. The molecule has 15 heavy (non-hydrogen) atoms. The summed E-state index contributed by atoms with van der Waals surface area (Å²) >= 11 is 0. The SMILES string of the molecule is c1ccc(CN2CCN3CC[C@@H]2C3)cc1. The third-order valence-electron chi connectivity index (χ3n) is 3.70. The van der Waals surface area contributed by atoms with Crippen molar-refractivity contribution in [2.75, 3.05) is 26.2 Å². The normalized spacial score (nSPS) is 30.7. The van der Waals surface area contributed by atoms with Crippen LogP contribution in [0.15, 0.2) is 30.3 Å². The fraction of sp³-hybridized carbons (Fsp3) is 0.538. The minimum atomic E-state index is 0.818. The molecule has 0 saturated carbocycles. The van der Waals surface area contributed by atoms with Gasteiger partial charge < -0.3 is 4.90 Å². The molecule has 0 aliphatic carbocycles. The van der Waals surface area contributed by atoms with Crippen molar-refractivity contribution in [1.82, 2.24) is 9.80 Å². The Hall–Kier alpha value is -0.860. The molecule has 0 amide bonds. The van der Waals surface area contributed by atoms with Crippen LogP contribution in [0.5, 0.6) is 0 Å². The molecule has 2 fully saturated rings. The Labute approximate surface area is 91.5 Å². The average Bonchev–Trinajstić information content (AvgIpc) is 2.67. The maximum Gasteiger partial charge on any atom is 0.0239 e. The Balaban J connectivity index is 1.68. The van der Waals surface area contributed by atoms with Gasteiger partial charge >= 0.3 is 0 Å². The second-order valence-corrected chi connectivity index (χ2v) is 4.70. The van der Waals surface area contributed by atoms with Gasteiger partial charge in [-0.1, -0.05) is 30.3 Å². The van der Waals surface area contributed by atoms with Gasteiger partial charge in [0, 0.05) is 32.2 Å². The predicted octanol–water partition coefficient (Wildman–Crippen LogP) is 1.58. The average molecular weight is 202 g/mol. The Kier molecular flexibility index (Phi) is 2.47. The summed E-state index contributed by atoms with van der Waals surface area (Å²) in [6, 6.07) is 11.7. The van der Waals surface area contributed by atoms with E-state index in [1.807, 2.05) is 0 Å². The lowest BCUT2D eigenvalue weighted by atomic mass is 10.1. The summed E-state index contributed by atoms with van der Waals surface area (Å²) in [4.78, 5) is 5.24. The van der Waals surface area contributed by atoms with Gasteiger partial charge in [-0.25, -0.2) is 0 Å². The van der Waals surface area contributed by atoms with Crippen molar-refractivity contribution >= 4 is 0 Å². The van der Waals surface area contributed by atoms with Crippen molar-refractivity contribution in [1.29, 1.82) is 0 Å². The van der Waals surface area contributed by atoms with E-state index in [1.165, 1.54) is 38.2 Å². The molecule has 0 N–H and O–H groups in total. The molecule has 2 nitrogen and oxygen atoms in total. The molecule has 2 aliphatic heterocycles. The van der Waals surface area contributed by atoms with Crippen LogP contribution in [-0.4, -0.2) is 42.0 Å². The van der Waals surface area contributed by atoms with Crippen molar-refractivity contribution < 1.29 is 0 Å². The molecular weight excluding hydrogens is 184 g/mol. The van der Waals surface area contributed by atoms with Crippen LogP contribution in [0.2, 0.25) is 0 Å². The van der Waals surface area contributed by atoms with E-state index in [9.17, 15) is 0 Å². The summed E-state index contributed by atoms with van der Waals surface area (Å²) in [5.41, 5.74) is 1.46. The third-order valence-corrected chi connectivity index (χ3v) is 3.70. The molecule has 0 spiro atoms. The quantitative estimate of drug-likeness (QED) is 0.718. The molecule has 1 aromatic carbocycles. The van der Waals surface area contributed by atoms with Crippen molar-refractivity contribution in [3.63, 3.8) is 0 Å². The first-order valence-corrected chi connectivity index (χ1v) is 5.92. The van der Waals surface area contributed by atoms with Crippen LogP contribution in [-0.2, 0) is 6.54 Å². The van der Waals surface area contributed by atoms with Crippen molar-refractivity contribution in [3.05, 3.63) is 35.9 Å². The van der Waals surface area contributed by atoms with Crippen LogP contribution >= 0.6 is 0 Å². The highest BCUT2D eigenvalue weighted by Crippen LogP contribution is 2.22. The van der Waals surface area contributed by atoms with E-state index in [4.69, 9.17) is 0 Å². The first kappa shape index (κ1) is 9.37. The molecule has 0 aromatic heterocycles. The van der Waals surface area contributed by atoms with Gasteiger partial charge in [-0.3, -0.25) is 4.90 Å². The monoisotopic (exact) mass is 202 g/mol. The van der Waals surface area contributed by atoms with Crippen LogP contribution in [0.1, 0.15) is 12.0 Å². The van der Waals surface area contributed by atoms with Gasteiger partial charge in [0.15, 0.2) is 0 Å². The minimum absolute atomic E-state index is 0.818. The van der Waals surface area contributed by atoms with Crippen LogP contribution < -0.4 is 0 Å². The summed E-state index contributed by atoms with van der Waals surface area (Å²) in [6.45, 7) is 6.27. The van der Waals surface area contributed by atoms with Gasteiger partial charge in [0.2, 0.25) is 0 Å². The maximum atomic E-state index is 2.65. The Bertz CT molecular complexity index is 323. The van der Waals surface area contributed by atoms with Crippen LogP contribution in [0.4, 0.5) is 0 Å². The van der Waals surface area contributed by atoms with E-state index in [-0.39, 0.29) is 0 Å². The molecule has 80 valence electrons. The van der Waals surface area contributed by atoms with E-state index >= 15 is 0 Å². The molecule has 3 rings (SSSR count). The molecule has 2 heterocycles. The van der Waals surface area contributed by atoms with Gasteiger partial charge in [0.05, 0.1) is 0 Å². The van der Waals surface area contributed by atoms with Gasteiger partial charge in [-0.2, -0.15) is 0 Å². The zero-order chi connectivity index (χ0) is 10.1. The second-order valence-electron chi connectivity index (χ2n) is 4.70. The highest BCUT2D eigenvalue weighted by Gasteiger charge is 2.31. The smallest absolute Gasteiger partial charge is 0.0239 e.